The largest absolute Gasteiger partial charge is 0.394 e. The minimum Gasteiger partial charge on any atom is -0.394 e. The molecule has 5 atom stereocenters. The lowest BCUT2D eigenvalue weighted by molar-refractivity contribution is -0.253. The lowest BCUT2D eigenvalue weighted by Gasteiger charge is -2.40. The van der Waals surface area contributed by atoms with E-state index in [1.807, 2.05) is 0 Å². The molecule has 1 heterocycles. The Kier molecular flexibility index (Phi) is 5.63. The summed E-state index contributed by atoms with van der Waals surface area (Å²) in [7, 11) is 0. The molecule has 0 aliphatic carbocycles. The highest BCUT2D eigenvalue weighted by Crippen LogP contribution is 2.19. The van der Waals surface area contributed by atoms with E-state index >= 15 is 0 Å². The fraction of sp³-hybridized carbons (Fsp3) is 0.889. The van der Waals surface area contributed by atoms with Gasteiger partial charge in [0.2, 0.25) is 5.91 Å². The van der Waals surface area contributed by atoms with Gasteiger partial charge in [-0.2, -0.15) is 12.6 Å². The number of thiol groups is 1. The van der Waals surface area contributed by atoms with Crippen LogP contribution >= 0.6 is 12.6 Å². The second kappa shape index (κ2) is 6.53. The normalized spacial score (nSPS) is 37.8. The molecular weight excluding hydrogens is 250 g/mol. The first-order chi connectivity index (χ1) is 8.01. The molecule has 1 amide bonds. The van der Waals surface area contributed by atoms with Crippen LogP contribution in [-0.2, 0) is 9.53 Å². The van der Waals surface area contributed by atoms with Crippen molar-refractivity contribution < 1.29 is 30.0 Å². The van der Waals surface area contributed by atoms with Crippen molar-refractivity contribution >= 4 is 18.5 Å². The van der Waals surface area contributed by atoms with Gasteiger partial charge >= 0.3 is 0 Å². The molecule has 1 aliphatic rings. The van der Waals surface area contributed by atoms with E-state index < -0.39 is 43.2 Å². The molecule has 5 N–H and O–H groups in total. The van der Waals surface area contributed by atoms with Crippen molar-refractivity contribution in [3.05, 3.63) is 0 Å². The average Bonchev–Trinajstić information content (AvgIpc) is 2.29. The average molecular weight is 267 g/mol. The number of hydrogen-bond donors (Lipinski definition) is 6. The third-order valence-electron chi connectivity index (χ3n) is 2.57. The Hall–Kier alpha value is -0.380. The summed E-state index contributed by atoms with van der Waals surface area (Å²) >= 11 is 3.87. The summed E-state index contributed by atoms with van der Waals surface area (Å²) in [4.78, 5) is 11.3. The molecule has 0 aromatic rings. The molecule has 1 rings (SSSR count). The molecule has 1 saturated heterocycles. The van der Waals surface area contributed by atoms with Crippen molar-refractivity contribution in [1.29, 1.82) is 0 Å². The van der Waals surface area contributed by atoms with Crippen LogP contribution < -0.4 is 5.32 Å². The zero-order valence-electron chi connectivity index (χ0n) is 9.06. The maximum absolute atomic E-state index is 11.3. The van der Waals surface area contributed by atoms with Crippen molar-refractivity contribution in [3.8, 4) is 0 Å². The Bertz CT molecular complexity index is 266. The number of carbonyl (C=O) groups is 1. The summed E-state index contributed by atoms with van der Waals surface area (Å²) in [6.07, 6.45) is -5.20. The Balaban J connectivity index is 2.63. The highest BCUT2D eigenvalue weighted by Gasteiger charge is 2.44. The molecule has 0 bridgehead atoms. The van der Waals surface area contributed by atoms with E-state index in [-0.39, 0.29) is 6.42 Å². The number of nitrogens with one attached hydrogen (secondary N) is 1. The second-order valence-corrected chi connectivity index (χ2v) is 4.24. The number of rotatable bonds is 4. The zero-order chi connectivity index (χ0) is 13.0. The van der Waals surface area contributed by atoms with E-state index in [4.69, 9.17) is 9.84 Å². The molecule has 5 unspecified atom stereocenters. The predicted octanol–water partition coefficient (Wildman–Crippen LogP) is -2.78. The van der Waals surface area contributed by atoms with Gasteiger partial charge in [-0.05, 0) is 5.75 Å². The topological polar surface area (TPSA) is 119 Å². The van der Waals surface area contributed by atoms with Gasteiger partial charge in [0.1, 0.15) is 24.4 Å². The maximum Gasteiger partial charge on any atom is 0.221 e. The molecule has 0 aromatic carbocycles. The number of aliphatic hydroxyl groups is 4. The standard InChI is InChI=1S/C9H17NO6S/c11-3-4-7(13)8(14)6(9(15)16-4)10-5(12)1-2-17/h4,6-9,11,13-15,17H,1-3H2,(H,10,12). The van der Waals surface area contributed by atoms with Crippen LogP contribution in [-0.4, -0.2) is 69.3 Å². The Labute approximate surface area is 104 Å². The lowest BCUT2D eigenvalue weighted by Crippen LogP contribution is -2.64. The van der Waals surface area contributed by atoms with Crippen LogP contribution in [0, 0.1) is 0 Å². The molecule has 17 heavy (non-hydrogen) atoms. The van der Waals surface area contributed by atoms with Crippen molar-refractivity contribution in [3.63, 3.8) is 0 Å². The van der Waals surface area contributed by atoms with Gasteiger partial charge in [-0.15, -0.1) is 0 Å². The lowest BCUT2D eigenvalue weighted by atomic mass is 9.97. The van der Waals surface area contributed by atoms with Crippen LogP contribution in [0.5, 0.6) is 0 Å². The van der Waals surface area contributed by atoms with E-state index in [1.54, 1.807) is 0 Å². The van der Waals surface area contributed by atoms with E-state index in [1.165, 1.54) is 0 Å². The van der Waals surface area contributed by atoms with Gasteiger partial charge in [0.15, 0.2) is 6.29 Å². The maximum atomic E-state index is 11.3. The van der Waals surface area contributed by atoms with Crippen LogP contribution in [0.3, 0.4) is 0 Å². The van der Waals surface area contributed by atoms with Crippen molar-refractivity contribution in [2.24, 2.45) is 0 Å². The quantitative estimate of drug-likeness (QED) is 0.307. The van der Waals surface area contributed by atoms with E-state index in [2.05, 4.69) is 17.9 Å². The van der Waals surface area contributed by atoms with E-state index in [0.717, 1.165) is 0 Å². The number of carbonyl (C=O) groups excluding carboxylic acids is 1. The summed E-state index contributed by atoms with van der Waals surface area (Å²) in [6, 6.07) is -1.12. The molecule has 8 heteroatoms. The van der Waals surface area contributed by atoms with Gasteiger partial charge in [-0.3, -0.25) is 4.79 Å². The van der Waals surface area contributed by atoms with Crippen molar-refractivity contribution in [2.75, 3.05) is 12.4 Å². The van der Waals surface area contributed by atoms with Gasteiger partial charge < -0.3 is 30.5 Å². The summed E-state index contributed by atoms with van der Waals surface area (Å²) in [5.74, 6) is -0.0886. The molecule has 0 aromatic heterocycles. The molecule has 0 radical (unpaired) electrons. The fourth-order valence-electron chi connectivity index (χ4n) is 1.61. The number of ether oxygens (including phenoxy) is 1. The Morgan fingerprint density at radius 2 is 1.94 bits per heavy atom. The molecule has 0 saturated carbocycles. The van der Waals surface area contributed by atoms with Crippen molar-refractivity contribution in [2.45, 2.75) is 37.1 Å². The first kappa shape index (κ1) is 14.7. The molecule has 0 spiro atoms. The van der Waals surface area contributed by atoms with Gasteiger partial charge in [0.05, 0.1) is 6.61 Å². The van der Waals surface area contributed by atoms with E-state index in [0.29, 0.717) is 5.75 Å². The first-order valence-corrected chi connectivity index (χ1v) is 5.85. The number of hydrogen-bond acceptors (Lipinski definition) is 7. The van der Waals surface area contributed by atoms with Crippen LogP contribution in [0.1, 0.15) is 6.42 Å². The minimum absolute atomic E-state index is 0.124. The molecule has 100 valence electrons. The van der Waals surface area contributed by atoms with E-state index in [9.17, 15) is 20.1 Å². The zero-order valence-corrected chi connectivity index (χ0v) is 9.96. The molecule has 1 aliphatic heterocycles. The monoisotopic (exact) mass is 267 g/mol. The summed E-state index contributed by atoms with van der Waals surface area (Å²) in [6.45, 7) is -0.535. The Morgan fingerprint density at radius 1 is 1.29 bits per heavy atom. The Morgan fingerprint density at radius 3 is 2.47 bits per heavy atom. The van der Waals surface area contributed by atoms with Crippen LogP contribution in [0.2, 0.25) is 0 Å². The highest BCUT2D eigenvalue weighted by atomic mass is 32.1. The molecule has 1 fully saturated rings. The summed E-state index contributed by atoms with van der Waals surface area (Å²) in [5, 5.41) is 40.0. The highest BCUT2D eigenvalue weighted by molar-refractivity contribution is 7.80. The SMILES string of the molecule is O=C(CCS)NC1C(O)OC(CO)C(O)C1O. The van der Waals surface area contributed by atoms with Gasteiger partial charge in [0.25, 0.3) is 0 Å². The van der Waals surface area contributed by atoms with Crippen molar-refractivity contribution in [1.82, 2.24) is 5.32 Å². The van der Waals surface area contributed by atoms with Gasteiger partial charge in [-0.1, -0.05) is 0 Å². The van der Waals surface area contributed by atoms with Crippen LogP contribution in [0.4, 0.5) is 0 Å². The third kappa shape index (κ3) is 3.54. The second-order valence-electron chi connectivity index (χ2n) is 3.80. The smallest absolute Gasteiger partial charge is 0.221 e. The van der Waals surface area contributed by atoms with Gasteiger partial charge in [-0.25, -0.2) is 0 Å². The summed E-state index contributed by atoms with van der Waals surface area (Å²) < 4.78 is 4.87. The number of aliphatic hydroxyl groups excluding tert-OH is 4. The third-order valence-corrected chi connectivity index (χ3v) is 2.79. The van der Waals surface area contributed by atoms with Crippen LogP contribution in [0.25, 0.3) is 0 Å². The fourth-order valence-corrected chi connectivity index (χ4v) is 1.82. The number of amides is 1. The van der Waals surface area contributed by atoms with Crippen LogP contribution in [0.15, 0.2) is 0 Å². The summed E-state index contributed by atoms with van der Waals surface area (Å²) in [5.41, 5.74) is 0. The van der Waals surface area contributed by atoms with Gasteiger partial charge in [0, 0.05) is 6.42 Å². The minimum atomic E-state index is -1.48. The molecule has 7 nitrogen and oxygen atoms in total. The first-order valence-electron chi connectivity index (χ1n) is 5.22. The molecular formula is C9H17NO6S. The predicted molar refractivity (Wildman–Crippen MR) is 60.4 cm³/mol.